The summed E-state index contributed by atoms with van der Waals surface area (Å²) < 4.78 is 4.62. The molecule has 0 fully saturated rings. The lowest BCUT2D eigenvalue weighted by Crippen LogP contribution is -2.36. The number of methoxy groups -OCH3 is 1. The van der Waals surface area contributed by atoms with Gasteiger partial charge < -0.3 is 9.64 Å². The van der Waals surface area contributed by atoms with E-state index in [1.165, 1.54) is 7.11 Å². The van der Waals surface area contributed by atoms with E-state index in [2.05, 4.69) is 4.74 Å². The molecule has 0 unspecified atom stereocenters. The average Bonchev–Trinajstić information content (AvgIpc) is 2.66. The fourth-order valence-electron chi connectivity index (χ4n) is 1.76. The van der Waals surface area contributed by atoms with E-state index in [9.17, 15) is 9.59 Å². The molecule has 5 heteroatoms. The number of thiophene rings is 1. The second-order valence-corrected chi connectivity index (χ2v) is 5.59. The molecular formula is C13H19NO3S. The van der Waals surface area contributed by atoms with Crippen molar-refractivity contribution in [2.45, 2.75) is 27.2 Å². The standard InChI is InChI=1S/C13H19NO3S/c1-5-6-14(8-12(15)17-4)13(16)11-7-9(2)18-10(11)3/h7H,5-6,8H2,1-4H3. The van der Waals surface area contributed by atoms with Crippen LogP contribution in [0.3, 0.4) is 0 Å². The normalized spacial score (nSPS) is 10.2. The van der Waals surface area contributed by atoms with Gasteiger partial charge in [-0.25, -0.2) is 0 Å². The Morgan fingerprint density at radius 3 is 2.50 bits per heavy atom. The second kappa shape index (κ2) is 6.54. The third-order valence-electron chi connectivity index (χ3n) is 2.60. The van der Waals surface area contributed by atoms with Gasteiger partial charge in [-0.1, -0.05) is 6.92 Å². The molecule has 4 nitrogen and oxygen atoms in total. The van der Waals surface area contributed by atoms with Gasteiger partial charge in [0.1, 0.15) is 6.54 Å². The molecule has 0 aliphatic carbocycles. The molecule has 0 N–H and O–H groups in total. The molecule has 0 saturated carbocycles. The molecule has 0 spiro atoms. The molecule has 0 saturated heterocycles. The highest BCUT2D eigenvalue weighted by molar-refractivity contribution is 7.12. The quantitative estimate of drug-likeness (QED) is 0.771. The highest BCUT2D eigenvalue weighted by Crippen LogP contribution is 2.22. The zero-order valence-electron chi connectivity index (χ0n) is 11.3. The van der Waals surface area contributed by atoms with Crippen LogP contribution in [0.1, 0.15) is 33.5 Å². The van der Waals surface area contributed by atoms with Crippen LogP contribution in [0.2, 0.25) is 0 Å². The van der Waals surface area contributed by atoms with E-state index in [0.29, 0.717) is 12.1 Å². The minimum Gasteiger partial charge on any atom is -0.468 e. The smallest absolute Gasteiger partial charge is 0.325 e. The molecule has 1 aromatic heterocycles. The Morgan fingerprint density at radius 2 is 2.06 bits per heavy atom. The lowest BCUT2D eigenvalue weighted by atomic mass is 10.2. The molecule has 0 bridgehead atoms. The number of nitrogens with zero attached hydrogens (tertiary/aromatic N) is 1. The fourth-order valence-corrected chi connectivity index (χ4v) is 2.67. The monoisotopic (exact) mass is 269 g/mol. The van der Waals surface area contributed by atoms with Gasteiger partial charge in [0.25, 0.3) is 5.91 Å². The summed E-state index contributed by atoms with van der Waals surface area (Å²) in [6.45, 7) is 6.44. The van der Waals surface area contributed by atoms with Gasteiger partial charge >= 0.3 is 5.97 Å². The summed E-state index contributed by atoms with van der Waals surface area (Å²) in [5.74, 6) is -0.481. The molecule has 1 amide bonds. The van der Waals surface area contributed by atoms with Crippen molar-refractivity contribution in [3.63, 3.8) is 0 Å². The Bertz CT molecular complexity index is 439. The number of carbonyl (C=O) groups is 2. The Labute approximate surface area is 112 Å². The minimum atomic E-state index is -0.388. The third kappa shape index (κ3) is 3.57. The van der Waals surface area contributed by atoms with E-state index in [1.807, 2.05) is 26.8 Å². The first kappa shape index (κ1) is 14.7. The van der Waals surface area contributed by atoms with Crippen molar-refractivity contribution in [1.82, 2.24) is 4.90 Å². The minimum absolute atomic E-state index is 0.0114. The van der Waals surface area contributed by atoms with Crippen LogP contribution in [0, 0.1) is 13.8 Å². The first-order valence-electron chi connectivity index (χ1n) is 5.92. The van der Waals surface area contributed by atoms with Crippen LogP contribution in [0.15, 0.2) is 6.07 Å². The predicted molar refractivity (Wildman–Crippen MR) is 72.0 cm³/mol. The molecule has 0 aliphatic heterocycles. The van der Waals surface area contributed by atoms with E-state index in [0.717, 1.165) is 16.2 Å². The number of aryl methyl sites for hydroxylation is 2. The van der Waals surface area contributed by atoms with Gasteiger partial charge in [0.05, 0.1) is 12.7 Å². The summed E-state index contributed by atoms with van der Waals surface area (Å²) in [7, 11) is 1.33. The van der Waals surface area contributed by atoms with Gasteiger partial charge in [-0.15, -0.1) is 11.3 Å². The highest BCUT2D eigenvalue weighted by Gasteiger charge is 2.21. The van der Waals surface area contributed by atoms with Crippen LogP contribution < -0.4 is 0 Å². The molecular weight excluding hydrogens is 250 g/mol. The summed E-state index contributed by atoms with van der Waals surface area (Å²) in [5, 5.41) is 0. The predicted octanol–water partition coefficient (Wildman–Crippen LogP) is 2.39. The van der Waals surface area contributed by atoms with Crippen molar-refractivity contribution >= 4 is 23.2 Å². The van der Waals surface area contributed by atoms with Gasteiger partial charge in [0.2, 0.25) is 0 Å². The van der Waals surface area contributed by atoms with E-state index >= 15 is 0 Å². The number of ether oxygens (including phenoxy) is 1. The number of esters is 1. The molecule has 1 aromatic rings. The van der Waals surface area contributed by atoms with E-state index in [4.69, 9.17) is 0 Å². The maximum Gasteiger partial charge on any atom is 0.325 e. The van der Waals surface area contributed by atoms with E-state index in [-0.39, 0.29) is 18.4 Å². The summed E-state index contributed by atoms with van der Waals surface area (Å²) in [6, 6.07) is 1.88. The molecule has 1 rings (SSSR count). The highest BCUT2D eigenvalue weighted by atomic mass is 32.1. The number of hydrogen-bond donors (Lipinski definition) is 0. The Kier molecular flexibility index (Phi) is 5.34. The van der Waals surface area contributed by atoms with Crippen molar-refractivity contribution in [2.75, 3.05) is 20.2 Å². The van der Waals surface area contributed by atoms with Crippen molar-refractivity contribution in [1.29, 1.82) is 0 Å². The lowest BCUT2D eigenvalue weighted by Gasteiger charge is -2.20. The number of hydrogen-bond acceptors (Lipinski definition) is 4. The second-order valence-electron chi connectivity index (χ2n) is 4.13. The van der Waals surface area contributed by atoms with E-state index < -0.39 is 0 Å². The van der Waals surface area contributed by atoms with Crippen LogP contribution in [0.4, 0.5) is 0 Å². The van der Waals surface area contributed by atoms with Gasteiger partial charge in [-0.3, -0.25) is 9.59 Å². The molecule has 1 heterocycles. The fraction of sp³-hybridized carbons (Fsp3) is 0.538. The molecule has 0 atom stereocenters. The number of rotatable bonds is 5. The summed E-state index contributed by atoms with van der Waals surface area (Å²) in [4.78, 5) is 27.3. The number of carbonyl (C=O) groups excluding carboxylic acids is 2. The molecule has 0 aliphatic rings. The Hall–Kier alpha value is -1.36. The number of amides is 1. The largest absolute Gasteiger partial charge is 0.468 e. The maximum atomic E-state index is 12.3. The van der Waals surface area contributed by atoms with Gasteiger partial charge in [-0.2, -0.15) is 0 Å². The van der Waals surface area contributed by atoms with Crippen molar-refractivity contribution in [3.8, 4) is 0 Å². The van der Waals surface area contributed by atoms with Crippen LogP contribution in [0.25, 0.3) is 0 Å². The zero-order chi connectivity index (χ0) is 13.7. The lowest BCUT2D eigenvalue weighted by molar-refractivity contribution is -0.141. The molecule has 0 radical (unpaired) electrons. The maximum absolute atomic E-state index is 12.3. The van der Waals surface area contributed by atoms with Crippen LogP contribution >= 0.6 is 11.3 Å². The zero-order valence-corrected chi connectivity index (χ0v) is 12.1. The SMILES string of the molecule is CCCN(CC(=O)OC)C(=O)c1cc(C)sc1C. The molecule has 100 valence electrons. The average molecular weight is 269 g/mol. The van der Waals surface area contributed by atoms with Crippen LogP contribution in [-0.2, 0) is 9.53 Å². The van der Waals surface area contributed by atoms with E-state index in [1.54, 1.807) is 16.2 Å². The van der Waals surface area contributed by atoms with Crippen LogP contribution in [0.5, 0.6) is 0 Å². The summed E-state index contributed by atoms with van der Waals surface area (Å²) in [6.07, 6.45) is 0.810. The summed E-state index contributed by atoms with van der Waals surface area (Å²) >= 11 is 1.59. The molecule has 0 aromatic carbocycles. The first-order chi connectivity index (χ1) is 8.49. The molecule has 18 heavy (non-hydrogen) atoms. The topological polar surface area (TPSA) is 46.6 Å². The third-order valence-corrected chi connectivity index (χ3v) is 3.57. The van der Waals surface area contributed by atoms with Gasteiger partial charge in [0.15, 0.2) is 0 Å². The Balaban J connectivity index is 2.88. The Morgan fingerprint density at radius 1 is 1.39 bits per heavy atom. The summed E-state index contributed by atoms with van der Waals surface area (Å²) in [5.41, 5.74) is 0.690. The first-order valence-corrected chi connectivity index (χ1v) is 6.74. The van der Waals surface area contributed by atoms with Gasteiger partial charge in [0, 0.05) is 16.3 Å². The van der Waals surface area contributed by atoms with Crippen LogP contribution in [-0.4, -0.2) is 37.0 Å². The van der Waals surface area contributed by atoms with Crippen molar-refractivity contribution < 1.29 is 14.3 Å². The van der Waals surface area contributed by atoms with Gasteiger partial charge in [-0.05, 0) is 26.3 Å². The van der Waals surface area contributed by atoms with Crippen molar-refractivity contribution in [3.05, 3.63) is 21.4 Å². The van der Waals surface area contributed by atoms with Crippen molar-refractivity contribution in [2.24, 2.45) is 0 Å².